The number of amides is 1. The predicted molar refractivity (Wildman–Crippen MR) is 147 cm³/mol. The predicted octanol–water partition coefficient (Wildman–Crippen LogP) is 9.02. The molecule has 0 N–H and O–H groups in total. The van der Waals surface area contributed by atoms with Crippen molar-refractivity contribution in [2.24, 2.45) is 0 Å². The third-order valence-corrected chi connectivity index (χ3v) is 7.36. The van der Waals surface area contributed by atoms with Crippen molar-refractivity contribution < 1.29 is 45.5 Å². The molecule has 0 saturated heterocycles. The second kappa shape index (κ2) is 12.0. The zero-order valence-corrected chi connectivity index (χ0v) is 25.0. The second-order valence-electron chi connectivity index (χ2n) is 10.5. The van der Waals surface area contributed by atoms with Gasteiger partial charge in [-0.05, 0) is 52.2 Å². The van der Waals surface area contributed by atoms with Gasteiger partial charge in [0, 0.05) is 17.1 Å². The summed E-state index contributed by atoms with van der Waals surface area (Å²) in [6.07, 6.45) is 1.44. The number of hydrogen-bond acceptors (Lipinski definition) is 6. The lowest BCUT2D eigenvalue weighted by Gasteiger charge is -2.48. The van der Waals surface area contributed by atoms with Crippen LogP contribution < -0.4 is 4.74 Å². The third kappa shape index (κ3) is 5.92. The Bertz CT molecular complexity index is 1580. The highest BCUT2D eigenvalue weighted by Crippen LogP contribution is 2.51. The standard InChI is InChI=1S/C28H22Cl3F5N2O5/c1-5-9-38(26(40)42-27(2,3)4)28(7-6-8-28)24-16(22(37-43-24)15-13(30)10-12(29)11-14(15)31)25(39)41-23-20(35)18(33)17(32)19(34)21(23)36/h5,10-11H,1,6-9H2,2-4H3. The highest BCUT2D eigenvalue weighted by atomic mass is 35.5. The van der Waals surface area contributed by atoms with E-state index in [1.54, 1.807) is 20.8 Å². The number of carbonyl (C=O) groups excluding carboxylic acids is 2. The van der Waals surface area contributed by atoms with E-state index in [1.807, 2.05) is 0 Å². The molecule has 0 bridgehead atoms. The van der Waals surface area contributed by atoms with Crippen LogP contribution in [0.2, 0.25) is 15.1 Å². The lowest BCUT2D eigenvalue weighted by atomic mass is 9.72. The molecule has 1 heterocycles. The van der Waals surface area contributed by atoms with E-state index in [-0.39, 0.29) is 45.8 Å². The fourth-order valence-electron chi connectivity index (χ4n) is 4.56. The highest BCUT2D eigenvalue weighted by molar-refractivity contribution is 6.42. The molecule has 1 saturated carbocycles. The van der Waals surface area contributed by atoms with E-state index in [1.165, 1.54) is 23.1 Å². The van der Waals surface area contributed by atoms with Gasteiger partial charge in [0.2, 0.25) is 34.8 Å². The average molecular weight is 668 g/mol. The van der Waals surface area contributed by atoms with E-state index >= 15 is 0 Å². The Labute approximate surface area is 257 Å². The van der Waals surface area contributed by atoms with Gasteiger partial charge in [-0.2, -0.15) is 8.78 Å². The monoisotopic (exact) mass is 666 g/mol. The van der Waals surface area contributed by atoms with Gasteiger partial charge in [-0.3, -0.25) is 4.90 Å². The smallest absolute Gasteiger partial charge is 0.411 e. The van der Waals surface area contributed by atoms with Crippen LogP contribution >= 0.6 is 34.8 Å². The number of hydrogen-bond donors (Lipinski definition) is 0. The van der Waals surface area contributed by atoms with E-state index in [2.05, 4.69) is 11.7 Å². The molecular formula is C28H22Cl3F5N2O5. The van der Waals surface area contributed by atoms with E-state index in [0.717, 1.165) is 0 Å². The van der Waals surface area contributed by atoms with Gasteiger partial charge >= 0.3 is 12.1 Å². The zero-order chi connectivity index (χ0) is 32.0. The maximum atomic E-state index is 14.5. The lowest BCUT2D eigenvalue weighted by Crippen LogP contribution is -2.55. The fraction of sp³-hybridized carbons (Fsp3) is 0.321. The zero-order valence-electron chi connectivity index (χ0n) is 22.7. The van der Waals surface area contributed by atoms with Crippen LogP contribution in [0.5, 0.6) is 5.75 Å². The second-order valence-corrected chi connectivity index (χ2v) is 11.8. The van der Waals surface area contributed by atoms with Crippen molar-refractivity contribution in [3.05, 3.63) is 80.3 Å². The van der Waals surface area contributed by atoms with Gasteiger partial charge in [-0.25, -0.2) is 22.8 Å². The molecule has 0 atom stereocenters. The molecule has 7 nitrogen and oxygen atoms in total. The molecule has 1 amide bonds. The summed E-state index contributed by atoms with van der Waals surface area (Å²) < 4.78 is 86.5. The van der Waals surface area contributed by atoms with E-state index < -0.39 is 69.3 Å². The molecule has 0 unspecified atom stereocenters. The molecule has 4 rings (SSSR count). The Morgan fingerprint density at radius 1 is 1.02 bits per heavy atom. The lowest BCUT2D eigenvalue weighted by molar-refractivity contribution is -0.0354. The van der Waals surface area contributed by atoms with Crippen molar-refractivity contribution in [2.45, 2.75) is 51.2 Å². The number of nitrogens with zero attached hydrogens (tertiary/aromatic N) is 2. The van der Waals surface area contributed by atoms with E-state index in [4.69, 9.17) is 48.8 Å². The normalized spacial score (nSPS) is 14.2. The Morgan fingerprint density at radius 2 is 1.56 bits per heavy atom. The third-order valence-electron chi connectivity index (χ3n) is 6.55. The molecule has 3 aromatic rings. The molecule has 1 aliphatic rings. The Balaban J connectivity index is 1.97. The SMILES string of the molecule is C=CCN(C(=O)OC(C)(C)C)C1(c2onc(-c3c(Cl)cc(Cl)cc3Cl)c2C(=O)Oc2c(F)c(F)c(F)c(F)c2F)CCC1. The molecule has 230 valence electrons. The van der Waals surface area contributed by atoms with Crippen molar-refractivity contribution >= 4 is 46.9 Å². The van der Waals surface area contributed by atoms with Gasteiger partial charge in [-0.15, -0.1) is 6.58 Å². The van der Waals surface area contributed by atoms with Crippen molar-refractivity contribution in [3.63, 3.8) is 0 Å². The van der Waals surface area contributed by atoms with Crippen molar-refractivity contribution in [3.8, 4) is 17.0 Å². The van der Waals surface area contributed by atoms with Gasteiger partial charge < -0.3 is 14.0 Å². The average Bonchev–Trinajstić information content (AvgIpc) is 3.30. The summed E-state index contributed by atoms with van der Waals surface area (Å²) in [7, 11) is 0. The largest absolute Gasteiger partial charge is 0.444 e. The summed E-state index contributed by atoms with van der Waals surface area (Å²) in [6.45, 7) is 8.45. The molecule has 1 fully saturated rings. The first-order valence-corrected chi connectivity index (χ1v) is 13.7. The van der Waals surface area contributed by atoms with Gasteiger partial charge in [-0.1, -0.05) is 46.0 Å². The van der Waals surface area contributed by atoms with Crippen LogP contribution in [-0.2, 0) is 10.3 Å². The molecule has 1 aliphatic carbocycles. The molecule has 0 aliphatic heterocycles. The number of esters is 1. The Kier molecular flexibility index (Phi) is 9.07. The van der Waals surface area contributed by atoms with Crippen LogP contribution in [0, 0.1) is 29.1 Å². The molecule has 1 aromatic heterocycles. The van der Waals surface area contributed by atoms with Crippen molar-refractivity contribution in [2.75, 3.05) is 6.54 Å². The summed E-state index contributed by atoms with van der Waals surface area (Å²) in [4.78, 5) is 28.3. The Hall–Kier alpha value is -3.35. The van der Waals surface area contributed by atoms with Crippen LogP contribution in [0.4, 0.5) is 26.7 Å². The van der Waals surface area contributed by atoms with Crippen LogP contribution in [0.15, 0.2) is 29.3 Å². The molecular weight excluding hydrogens is 646 g/mol. The fourth-order valence-corrected chi connectivity index (χ4v) is 5.55. The summed E-state index contributed by atoms with van der Waals surface area (Å²) in [6, 6.07) is 2.50. The van der Waals surface area contributed by atoms with E-state index in [0.29, 0.717) is 6.42 Å². The van der Waals surface area contributed by atoms with E-state index in [9.17, 15) is 31.5 Å². The van der Waals surface area contributed by atoms with Crippen LogP contribution in [0.3, 0.4) is 0 Å². The van der Waals surface area contributed by atoms with Crippen molar-refractivity contribution in [1.29, 1.82) is 0 Å². The van der Waals surface area contributed by atoms with Crippen LogP contribution in [0.25, 0.3) is 11.3 Å². The van der Waals surface area contributed by atoms with Crippen LogP contribution in [0.1, 0.15) is 56.2 Å². The van der Waals surface area contributed by atoms with Crippen LogP contribution in [-0.4, -0.2) is 34.3 Å². The van der Waals surface area contributed by atoms with Gasteiger partial charge in [0.25, 0.3) is 0 Å². The summed E-state index contributed by atoms with van der Waals surface area (Å²) in [5.41, 5.74) is -3.57. The maximum absolute atomic E-state index is 14.5. The number of carbonyl (C=O) groups is 2. The maximum Gasteiger partial charge on any atom is 0.411 e. The molecule has 43 heavy (non-hydrogen) atoms. The quantitative estimate of drug-likeness (QED) is 0.0625. The van der Waals surface area contributed by atoms with Gasteiger partial charge in [0.05, 0.1) is 10.0 Å². The first-order chi connectivity index (χ1) is 20.0. The number of ether oxygens (including phenoxy) is 2. The molecule has 2 aromatic carbocycles. The topological polar surface area (TPSA) is 81.9 Å². The minimum atomic E-state index is -2.45. The molecule has 0 radical (unpaired) electrons. The van der Waals surface area contributed by atoms with Gasteiger partial charge in [0.15, 0.2) is 5.76 Å². The first kappa shape index (κ1) is 32.6. The number of benzene rings is 2. The van der Waals surface area contributed by atoms with Crippen molar-refractivity contribution in [1.82, 2.24) is 10.1 Å². The number of rotatable bonds is 7. The van der Waals surface area contributed by atoms with Gasteiger partial charge in [0.1, 0.15) is 22.4 Å². The number of halogens is 8. The molecule has 15 heteroatoms. The summed E-state index contributed by atoms with van der Waals surface area (Å²) >= 11 is 18.7. The number of aromatic nitrogens is 1. The minimum Gasteiger partial charge on any atom is -0.444 e. The molecule has 0 spiro atoms. The highest BCUT2D eigenvalue weighted by Gasteiger charge is 2.53. The first-order valence-electron chi connectivity index (χ1n) is 12.5. The Morgan fingerprint density at radius 3 is 2.02 bits per heavy atom. The summed E-state index contributed by atoms with van der Waals surface area (Å²) in [5, 5.41) is 3.76. The minimum absolute atomic E-state index is 0.102. The summed E-state index contributed by atoms with van der Waals surface area (Å²) in [5.74, 6) is -15.8.